The number of anilines is 3. The van der Waals surface area contributed by atoms with Gasteiger partial charge in [0.15, 0.2) is 17.0 Å². The van der Waals surface area contributed by atoms with E-state index in [2.05, 4.69) is 30.6 Å². The predicted octanol–water partition coefficient (Wildman–Crippen LogP) is 0.819. The first-order chi connectivity index (χ1) is 19.2. The molecule has 3 rings (SSSR count). The number of nitrogen functional groups attached to an aromatic ring is 2. The molecule has 0 unspecified atom stereocenters. The molecule has 0 aliphatic heterocycles. The van der Waals surface area contributed by atoms with Gasteiger partial charge in [0.25, 0.3) is 5.91 Å². The van der Waals surface area contributed by atoms with E-state index in [-0.39, 0.29) is 24.6 Å². The highest BCUT2D eigenvalue weighted by Crippen LogP contribution is 2.19. The van der Waals surface area contributed by atoms with Crippen LogP contribution in [0.3, 0.4) is 0 Å². The molecular weight excluding hydrogens is 516 g/mol. The number of carbonyl (C=O) groups is 3. The van der Waals surface area contributed by atoms with Crippen molar-refractivity contribution < 1.29 is 19.5 Å². The molecule has 14 nitrogen and oxygen atoms in total. The van der Waals surface area contributed by atoms with Crippen molar-refractivity contribution in [2.24, 2.45) is 5.73 Å². The summed E-state index contributed by atoms with van der Waals surface area (Å²) in [4.78, 5) is 55.2. The number of hydrogen-bond donors (Lipinski definition) is 6. The van der Waals surface area contributed by atoms with Gasteiger partial charge in [-0.05, 0) is 50.1 Å². The molecule has 0 saturated carbocycles. The zero-order valence-electron chi connectivity index (χ0n) is 22.5. The Bertz CT molecular complexity index is 1320. The second-order valence-corrected chi connectivity index (χ2v) is 9.36. The van der Waals surface area contributed by atoms with Gasteiger partial charge in [0.05, 0.1) is 18.4 Å². The maximum absolute atomic E-state index is 12.9. The van der Waals surface area contributed by atoms with Crippen LogP contribution in [-0.2, 0) is 16.1 Å². The molecule has 2 amide bonds. The Morgan fingerprint density at radius 3 is 2.45 bits per heavy atom. The highest BCUT2D eigenvalue weighted by Gasteiger charge is 2.22. The molecule has 3 aromatic rings. The van der Waals surface area contributed by atoms with Crippen LogP contribution in [0, 0.1) is 0 Å². The van der Waals surface area contributed by atoms with Gasteiger partial charge in [0, 0.05) is 31.3 Å². The Morgan fingerprint density at radius 1 is 1.02 bits per heavy atom. The number of carbonyl (C=O) groups excluding carboxylic acids is 2. The smallest absolute Gasteiger partial charge is 0.303 e. The number of benzene rings is 1. The van der Waals surface area contributed by atoms with Gasteiger partial charge in [-0.1, -0.05) is 12.8 Å². The monoisotopic (exact) mass is 552 g/mol. The number of amides is 2. The fourth-order valence-corrected chi connectivity index (χ4v) is 4.00. The molecule has 1 atom stereocenters. The third kappa shape index (κ3) is 8.73. The Morgan fingerprint density at radius 2 is 1.75 bits per heavy atom. The van der Waals surface area contributed by atoms with Crippen LogP contribution in [0.1, 0.15) is 54.6 Å². The molecule has 0 radical (unpaired) electrons. The fourth-order valence-electron chi connectivity index (χ4n) is 4.00. The van der Waals surface area contributed by atoms with Crippen molar-refractivity contribution in [3.63, 3.8) is 0 Å². The van der Waals surface area contributed by atoms with Crippen molar-refractivity contribution >= 4 is 46.4 Å². The maximum atomic E-state index is 12.9. The van der Waals surface area contributed by atoms with E-state index in [0.29, 0.717) is 42.1 Å². The first-order valence-electron chi connectivity index (χ1n) is 13.0. The zero-order chi connectivity index (χ0) is 29.1. The number of unbranched alkanes of at least 4 members (excludes halogenated alkanes) is 3. The number of aromatic nitrogens is 4. The minimum absolute atomic E-state index is 0.0180. The van der Waals surface area contributed by atoms with E-state index in [4.69, 9.17) is 22.3 Å². The molecule has 0 fully saturated rings. The highest BCUT2D eigenvalue weighted by atomic mass is 16.4. The van der Waals surface area contributed by atoms with Crippen molar-refractivity contribution in [3.05, 3.63) is 41.7 Å². The summed E-state index contributed by atoms with van der Waals surface area (Å²) in [6.07, 6.45) is 4.92. The quantitative estimate of drug-likeness (QED) is 0.144. The molecular formula is C26H36N10O4. The second kappa shape index (κ2) is 14.5. The number of carboxylic acids is 1. The lowest BCUT2D eigenvalue weighted by Gasteiger charge is -2.20. The van der Waals surface area contributed by atoms with Crippen molar-refractivity contribution in [2.75, 3.05) is 36.5 Å². The highest BCUT2D eigenvalue weighted by molar-refractivity contribution is 5.98. The average molecular weight is 553 g/mol. The Hall–Kier alpha value is -4.59. The lowest BCUT2D eigenvalue weighted by atomic mass is 10.1. The van der Waals surface area contributed by atoms with E-state index >= 15 is 0 Å². The number of nitrogens with two attached hydrogens (primary N) is 3. The lowest BCUT2D eigenvalue weighted by Crippen LogP contribution is -2.47. The van der Waals surface area contributed by atoms with Gasteiger partial charge in [-0.25, -0.2) is 9.97 Å². The van der Waals surface area contributed by atoms with Gasteiger partial charge in [-0.2, -0.15) is 9.97 Å². The second-order valence-electron chi connectivity index (χ2n) is 9.36. The first-order valence-corrected chi connectivity index (χ1v) is 13.0. The molecule has 14 heteroatoms. The molecule has 0 aliphatic carbocycles. The number of rotatable bonds is 15. The molecule has 0 saturated heterocycles. The van der Waals surface area contributed by atoms with Gasteiger partial charge >= 0.3 is 5.97 Å². The topological polar surface area (TPSA) is 228 Å². The molecule has 9 N–H and O–H groups in total. The van der Waals surface area contributed by atoms with Gasteiger partial charge in [-0.15, -0.1) is 0 Å². The molecule has 40 heavy (non-hydrogen) atoms. The number of hydrogen-bond acceptors (Lipinski definition) is 11. The molecule has 0 aliphatic rings. The van der Waals surface area contributed by atoms with Crippen molar-refractivity contribution in [1.82, 2.24) is 30.6 Å². The van der Waals surface area contributed by atoms with E-state index < -0.39 is 23.8 Å². The van der Waals surface area contributed by atoms with Gasteiger partial charge < -0.3 is 37.8 Å². The molecule has 2 aromatic heterocycles. The first kappa shape index (κ1) is 30.0. The Kier molecular flexibility index (Phi) is 10.9. The molecule has 0 spiro atoms. The summed E-state index contributed by atoms with van der Waals surface area (Å²) in [6, 6.07) is 5.81. The van der Waals surface area contributed by atoms with E-state index in [0.717, 1.165) is 31.4 Å². The van der Waals surface area contributed by atoms with Gasteiger partial charge in [0.2, 0.25) is 11.9 Å². The van der Waals surface area contributed by atoms with E-state index in [1.165, 1.54) is 0 Å². The molecule has 2 heterocycles. The minimum atomic E-state index is -1.04. The van der Waals surface area contributed by atoms with Crippen molar-refractivity contribution in [3.8, 4) is 0 Å². The standard InChI is InChI=1S/C26H36N10O4/c1-36(15-17-14-31-23-21(32-17)22(28)34-26(29)35-23)18-8-6-16(7-9-18)24(39)33-19(10-11-20(37)38)25(40)30-13-5-3-2-4-12-27/h6-9,14,19H,2-5,10-13,15,27H2,1H3,(H,30,40)(H,33,39)(H,37,38)(H4,28,29,31,34,35)/t19-/m0/s1. The number of carboxylic acid groups (broad SMARTS) is 1. The van der Waals surface area contributed by atoms with Crippen LogP contribution in [0.4, 0.5) is 17.5 Å². The molecule has 0 bridgehead atoms. The zero-order valence-corrected chi connectivity index (χ0v) is 22.5. The summed E-state index contributed by atoms with van der Waals surface area (Å²) in [6.45, 7) is 1.47. The van der Waals surface area contributed by atoms with Gasteiger partial charge in [0.1, 0.15) is 6.04 Å². The predicted molar refractivity (Wildman–Crippen MR) is 151 cm³/mol. The van der Waals surface area contributed by atoms with Crippen LogP contribution < -0.4 is 32.7 Å². The summed E-state index contributed by atoms with van der Waals surface area (Å²) in [5.74, 6) is -1.76. The number of nitrogens with one attached hydrogen (secondary N) is 2. The number of fused-ring (bicyclic) bond motifs is 1. The third-order valence-corrected chi connectivity index (χ3v) is 6.17. The molecule has 214 valence electrons. The van der Waals surface area contributed by atoms with Gasteiger partial charge in [-0.3, -0.25) is 14.4 Å². The SMILES string of the molecule is CN(Cc1cnc2nc(N)nc(N)c2n1)c1ccc(C(=O)N[C@@H](CCC(=O)O)C(=O)NCCCCCCN)cc1. The van der Waals surface area contributed by atoms with E-state index in [9.17, 15) is 14.4 Å². The normalized spacial score (nSPS) is 11.7. The van der Waals surface area contributed by atoms with Crippen LogP contribution in [0.5, 0.6) is 0 Å². The summed E-state index contributed by atoms with van der Waals surface area (Å²) >= 11 is 0. The number of aliphatic carboxylic acids is 1. The Labute approximate surface area is 231 Å². The lowest BCUT2D eigenvalue weighted by molar-refractivity contribution is -0.137. The van der Waals surface area contributed by atoms with E-state index in [1.54, 1.807) is 30.5 Å². The summed E-state index contributed by atoms with van der Waals surface area (Å²) in [5, 5.41) is 14.5. The Balaban J connectivity index is 1.60. The third-order valence-electron chi connectivity index (χ3n) is 6.17. The van der Waals surface area contributed by atoms with Crippen LogP contribution in [0.2, 0.25) is 0 Å². The summed E-state index contributed by atoms with van der Waals surface area (Å²) < 4.78 is 0. The van der Waals surface area contributed by atoms with Crippen LogP contribution in [0.25, 0.3) is 11.2 Å². The summed E-state index contributed by atoms with van der Waals surface area (Å²) in [5.41, 5.74) is 19.4. The maximum Gasteiger partial charge on any atom is 0.303 e. The van der Waals surface area contributed by atoms with Crippen LogP contribution >= 0.6 is 0 Å². The van der Waals surface area contributed by atoms with Crippen molar-refractivity contribution in [1.29, 1.82) is 0 Å². The van der Waals surface area contributed by atoms with Crippen molar-refractivity contribution in [2.45, 2.75) is 51.1 Å². The van der Waals surface area contributed by atoms with E-state index in [1.807, 2.05) is 11.9 Å². The fraction of sp³-hybridized carbons (Fsp3) is 0.423. The average Bonchev–Trinajstić information content (AvgIpc) is 2.93. The summed E-state index contributed by atoms with van der Waals surface area (Å²) in [7, 11) is 1.85. The van der Waals surface area contributed by atoms with Crippen LogP contribution in [0.15, 0.2) is 30.5 Å². The number of nitrogens with zero attached hydrogens (tertiary/aromatic N) is 5. The van der Waals surface area contributed by atoms with Crippen LogP contribution in [-0.4, -0.2) is 69.0 Å². The largest absolute Gasteiger partial charge is 0.481 e. The molecule has 1 aromatic carbocycles. The minimum Gasteiger partial charge on any atom is -0.481 e.